The molecule has 0 aromatic carbocycles. The molecule has 1 aliphatic carbocycles. The van der Waals surface area contributed by atoms with Gasteiger partial charge in [0, 0.05) is 63.2 Å². The van der Waals surface area contributed by atoms with Crippen molar-refractivity contribution < 1.29 is 23.0 Å². The Bertz CT molecular complexity index is 1760. The minimum atomic E-state index is -4.59. The van der Waals surface area contributed by atoms with Crippen LogP contribution < -0.4 is 5.32 Å². The molecule has 48 heavy (non-hydrogen) atoms. The number of fused-ring (bicyclic) bond motifs is 1. The molecule has 1 saturated heterocycles. The molecule has 1 aliphatic heterocycles. The van der Waals surface area contributed by atoms with Gasteiger partial charge in [0.2, 0.25) is 0 Å². The molecule has 0 amide bonds. The van der Waals surface area contributed by atoms with Gasteiger partial charge in [0.25, 0.3) is 0 Å². The number of hydrogen-bond acceptors (Lipinski definition) is 9. The summed E-state index contributed by atoms with van der Waals surface area (Å²) in [4.78, 5) is 15.3. The number of halogens is 3. The molecule has 0 radical (unpaired) electrons. The van der Waals surface area contributed by atoms with Gasteiger partial charge in [-0.15, -0.1) is 0 Å². The molecular weight excluding hydrogens is 640 g/mol. The number of aliphatic hydroxyl groups is 1. The number of alkyl halides is 3. The van der Waals surface area contributed by atoms with E-state index in [1.165, 1.54) is 6.07 Å². The van der Waals surface area contributed by atoms with Gasteiger partial charge in [0.15, 0.2) is 0 Å². The Morgan fingerprint density at radius 2 is 1.94 bits per heavy atom. The first kappa shape index (κ1) is 34.0. The molecule has 1 saturated carbocycles. The van der Waals surface area contributed by atoms with E-state index in [1.807, 2.05) is 27.7 Å². The van der Waals surface area contributed by atoms with E-state index in [0.29, 0.717) is 13.2 Å². The van der Waals surface area contributed by atoms with Gasteiger partial charge in [-0.2, -0.15) is 23.5 Å². The Hall–Kier alpha value is -3.84. The first-order valence-electron chi connectivity index (χ1n) is 16.4. The van der Waals surface area contributed by atoms with Crippen molar-refractivity contribution in [3.63, 3.8) is 0 Å². The molecular formula is C33H42F3N9O2Si. The van der Waals surface area contributed by atoms with Crippen LogP contribution in [0.25, 0.3) is 22.3 Å². The molecule has 4 aromatic rings. The predicted octanol–water partition coefficient (Wildman–Crippen LogP) is 5.86. The fourth-order valence-electron chi connectivity index (χ4n) is 6.73. The molecule has 15 heteroatoms. The van der Waals surface area contributed by atoms with E-state index in [4.69, 9.17) is 9.84 Å². The van der Waals surface area contributed by atoms with Crippen LogP contribution in [0.2, 0.25) is 25.7 Å². The lowest BCUT2D eigenvalue weighted by Crippen LogP contribution is -2.58. The number of aromatic nitrogens is 6. The summed E-state index contributed by atoms with van der Waals surface area (Å²) in [6.07, 6.45) is 6.10. The maximum absolute atomic E-state index is 13.3. The van der Waals surface area contributed by atoms with Crippen LogP contribution in [0, 0.1) is 11.3 Å². The number of piperidine rings is 1. The van der Waals surface area contributed by atoms with Crippen LogP contribution in [0.1, 0.15) is 43.4 Å². The van der Waals surface area contributed by atoms with Gasteiger partial charge in [-0.05, 0) is 55.5 Å². The molecule has 2 fully saturated rings. The molecule has 11 nitrogen and oxygen atoms in total. The van der Waals surface area contributed by atoms with Crippen LogP contribution in [0.15, 0.2) is 43.1 Å². The smallest absolute Gasteiger partial charge is 0.392 e. The highest BCUT2D eigenvalue weighted by Gasteiger charge is 2.49. The van der Waals surface area contributed by atoms with Gasteiger partial charge < -0.3 is 24.6 Å². The summed E-state index contributed by atoms with van der Waals surface area (Å²) in [5, 5.41) is 28.0. The number of rotatable bonds is 12. The Morgan fingerprint density at radius 1 is 1.17 bits per heavy atom. The zero-order chi connectivity index (χ0) is 34.1. The van der Waals surface area contributed by atoms with Crippen molar-refractivity contribution in [2.45, 2.75) is 94.9 Å². The van der Waals surface area contributed by atoms with Gasteiger partial charge >= 0.3 is 6.18 Å². The van der Waals surface area contributed by atoms with Gasteiger partial charge in [0.05, 0.1) is 36.5 Å². The summed E-state index contributed by atoms with van der Waals surface area (Å²) in [7, 11) is -1.18. The summed E-state index contributed by atoms with van der Waals surface area (Å²) < 4.78 is 49.8. The number of nitrogens with one attached hydrogen (secondary N) is 1. The van der Waals surface area contributed by atoms with Crippen molar-refractivity contribution in [1.82, 2.24) is 34.2 Å². The van der Waals surface area contributed by atoms with Crippen LogP contribution >= 0.6 is 0 Å². The SMILES string of the molecule is C[Si](C)(C)CCOCn1ccc2c(-c3cnn([C@]4(CC#N)C[C@@H](N5CCC(Nc6cc(CO)cc(C(F)(F)F)n6)CC5)C4)c3)ncnc21. The highest BCUT2D eigenvalue weighted by atomic mass is 28.3. The van der Waals surface area contributed by atoms with E-state index in [2.05, 4.69) is 50.9 Å². The minimum absolute atomic E-state index is 0.0299. The summed E-state index contributed by atoms with van der Waals surface area (Å²) >= 11 is 0. The van der Waals surface area contributed by atoms with Crippen molar-refractivity contribution in [3.05, 3.63) is 54.4 Å². The van der Waals surface area contributed by atoms with Crippen LogP contribution in [0.5, 0.6) is 0 Å². The fourth-order valence-corrected chi connectivity index (χ4v) is 7.49. The highest BCUT2D eigenvalue weighted by Crippen LogP contribution is 2.45. The lowest BCUT2D eigenvalue weighted by Gasteiger charge is -2.52. The van der Waals surface area contributed by atoms with Gasteiger partial charge in [0.1, 0.15) is 30.2 Å². The lowest BCUT2D eigenvalue weighted by atomic mass is 9.69. The Kier molecular flexibility index (Phi) is 9.63. The van der Waals surface area contributed by atoms with Crippen LogP contribution in [-0.2, 0) is 29.8 Å². The van der Waals surface area contributed by atoms with Crippen molar-refractivity contribution >= 4 is 24.9 Å². The topological polar surface area (TPSA) is 130 Å². The zero-order valence-electron chi connectivity index (χ0n) is 27.5. The van der Waals surface area contributed by atoms with E-state index in [9.17, 15) is 23.5 Å². The Labute approximate surface area is 278 Å². The zero-order valence-corrected chi connectivity index (χ0v) is 28.5. The van der Waals surface area contributed by atoms with Crippen molar-refractivity contribution in [2.75, 3.05) is 25.0 Å². The fraction of sp³-hybridized carbons (Fsp3) is 0.545. The number of aliphatic hydroxyl groups excluding tert-OH is 1. The van der Waals surface area contributed by atoms with Gasteiger partial charge in [-0.1, -0.05) is 19.6 Å². The van der Waals surface area contributed by atoms with Crippen LogP contribution in [0.3, 0.4) is 0 Å². The maximum Gasteiger partial charge on any atom is 0.433 e. The van der Waals surface area contributed by atoms with Crippen molar-refractivity contribution in [3.8, 4) is 17.3 Å². The summed E-state index contributed by atoms with van der Waals surface area (Å²) in [5.74, 6) is 0.127. The molecule has 0 spiro atoms. The third kappa shape index (κ3) is 7.41. The molecule has 0 unspecified atom stereocenters. The number of nitrogens with zero attached hydrogens (tertiary/aromatic N) is 8. The lowest BCUT2D eigenvalue weighted by molar-refractivity contribution is -0.141. The first-order valence-corrected chi connectivity index (χ1v) is 20.1. The quantitative estimate of drug-likeness (QED) is 0.140. The maximum atomic E-state index is 13.3. The molecule has 0 atom stereocenters. The third-order valence-corrected chi connectivity index (χ3v) is 11.2. The van der Waals surface area contributed by atoms with Gasteiger partial charge in [-0.3, -0.25) is 4.68 Å². The van der Waals surface area contributed by atoms with E-state index >= 15 is 0 Å². The number of ether oxygens (including phenoxy) is 1. The average molecular weight is 682 g/mol. The number of nitriles is 1. The number of hydrogen-bond donors (Lipinski definition) is 2. The second-order valence-corrected chi connectivity index (χ2v) is 19.9. The molecule has 0 bridgehead atoms. The molecule has 2 aliphatic rings. The Morgan fingerprint density at radius 3 is 2.62 bits per heavy atom. The largest absolute Gasteiger partial charge is 0.433 e. The molecule has 2 N–H and O–H groups in total. The van der Waals surface area contributed by atoms with E-state index < -0.39 is 32.1 Å². The Balaban J connectivity index is 1.08. The normalized spacial score (nSPS) is 20.9. The summed E-state index contributed by atoms with van der Waals surface area (Å²) in [6.45, 7) is 9.20. The summed E-state index contributed by atoms with van der Waals surface area (Å²) in [5.41, 5.74) is 1.18. The summed E-state index contributed by atoms with van der Waals surface area (Å²) in [6, 6.07) is 8.06. The minimum Gasteiger partial charge on any atom is -0.392 e. The number of likely N-dealkylation sites (tertiary alicyclic amines) is 1. The van der Waals surface area contributed by atoms with Crippen molar-refractivity contribution in [2.24, 2.45) is 0 Å². The molecule has 6 rings (SSSR count). The van der Waals surface area contributed by atoms with Crippen LogP contribution in [-0.4, -0.2) is 79.2 Å². The predicted molar refractivity (Wildman–Crippen MR) is 177 cm³/mol. The standard InChI is InChI=1S/C33H42F3N9O2Si/c1-48(2,3)13-12-47-22-44-11-6-27-30(38-21-39-31(27)44)24-18-40-45(19-24)32(7-8-37)16-26(17-32)43-9-4-25(5-10-43)41-29-15-23(20-46)14-28(42-29)33(34,35)36/h6,11,14-15,18-19,21,25-26,46H,4-5,7,9-10,12-13,16-17,20,22H2,1-3H3,(H,41,42)/t26-,32-. The monoisotopic (exact) mass is 681 g/mol. The number of pyridine rings is 1. The van der Waals surface area contributed by atoms with Gasteiger partial charge in [-0.25, -0.2) is 15.0 Å². The second kappa shape index (κ2) is 13.6. The third-order valence-electron chi connectivity index (χ3n) is 9.52. The van der Waals surface area contributed by atoms with Crippen molar-refractivity contribution in [1.29, 1.82) is 5.26 Å². The van der Waals surface area contributed by atoms with E-state index in [-0.39, 0.29) is 23.5 Å². The second-order valence-electron chi connectivity index (χ2n) is 14.2. The molecule has 256 valence electrons. The van der Waals surface area contributed by atoms with Crippen LogP contribution in [0.4, 0.5) is 19.0 Å². The highest BCUT2D eigenvalue weighted by molar-refractivity contribution is 6.76. The molecule has 5 heterocycles. The number of anilines is 1. The van der Waals surface area contributed by atoms with E-state index in [0.717, 1.165) is 79.8 Å². The van der Waals surface area contributed by atoms with E-state index in [1.54, 1.807) is 12.5 Å². The molecule has 4 aromatic heterocycles. The first-order chi connectivity index (χ1) is 22.9. The average Bonchev–Trinajstić information content (AvgIpc) is 3.68.